The molecule has 4 heteroatoms. The molecule has 0 bridgehead atoms. The van der Waals surface area contributed by atoms with Crippen LogP contribution in [0.3, 0.4) is 0 Å². The van der Waals surface area contributed by atoms with Crippen molar-refractivity contribution < 1.29 is 9.53 Å². The van der Waals surface area contributed by atoms with Crippen molar-refractivity contribution in [3.63, 3.8) is 0 Å². The molecular formula is C23H18ClNO2. The van der Waals surface area contributed by atoms with Crippen molar-refractivity contribution in [1.82, 2.24) is 0 Å². The maximum atomic E-state index is 13.0. The van der Waals surface area contributed by atoms with Crippen LogP contribution >= 0.6 is 11.6 Å². The van der Waals surface area contributed by atoms with Gasteiger partial charge >= 0.3 is 0 Å². The summed E-state index contributed by atoms with van der Waals surface area (Å²) in [6.07, 6.45) is 2.07. The average Bonchev–Trinajstić information content (AvgIpc) is 2.78. The first-order valence-electron chi connectivity index (χ1n) is 8.61. The molecule has 3 aromatic carbocycles. The van der Waals surface area contributed by atoms with Crippen molar-refractivity contribution in [2.45, 2.75) is 0 Å². The van der Waals surface area contributed by atoms with Crippen LogP contribution in [0.5, 0.6) is 5.75 Å². The topological polar surface area (TPSA) is 29.5 Å². The summed E-state index contributed by atoms with van der Waals surface area (Å²) in [4.78, 5) is 14.7. The van der Waals surface area contributed by atoms with Crippen LogP contribution in [0, 0.1) is 0 Å². The first-order valence-corrected chi connectivity index (χ1v) is 8.99. The molecule has 0 aromatic heterocycles. The van der Waals surface area contributed by atoms with Crippen LogP contribution in [-0.2, 0) is 0 Å². The summed E-state index contributed by atoms with van der Waals surface area (Å²) in [6, 6.07) is 21.1. The number of carbonyl (C=O) groups is 1. The zero-order valence-corrected chi connectivity index (χ0v) is 15.8. The summed E-state index contributed by atoms with van der Waals surface area (Å²) < 4.78 is 5.35. The molecule has 0 unspecified atom stereocenters. The summed E-state index contributed by atoms with van der Waals surface area (Å²) in [5.41, 5.74) is 5.25. The first kappa shape index (κ1) is 17.4. The number of halogens is 1. The lowest BCUT2D eigenvalue weighted by Crippen LogP contribution is -2.26. The highest BCUT2D eigenvalue weighted by Gasteiger charge is 2.27. The van der Waals surface area contributed by atoms with E-state index >= 15 is 0 Å². The van der Waals surface area contributed by atoms with Crippen LogP contribution in [0.1, 0.15) is 27.0 Å². The Kier molecular flexibility index (Phi) is 4.46. The van der Waals surface area contributed by atoms with Gasteiger partial charge in [0.2, 0.25) is 0 Å². The Morgan fingerprint density at radius 2 is 1.70 bits per heavy atom. The Labute approximate surface area is 163 Å². The van der Waals surface area contributed by atoms with Gasteiger partial charge in [-0.1, -0.05) is 41.9 Å². The SMILES string of the molecule is COc1cccc(/C=C2\c3ccccc3C(=O)N(C)c3ccc(Cl)cc32)c1. The minimum atomic E-state index is -0.0387. The van der Waals surface area contributed by atoms with Crippen molar-refractivity contribution in [1.29, 1.82) is 0 Å². The number of nitrogens with zero attached hydrogens (tertiary/aromatic N) is 1. The zero-order chi connectivity index (χ0) is 19.0. The molecule has 0 radical (unpaired) electrons. The molecule has 0 N–H and O–H groups in total. The van der Waals surface area contributed by atoms with Crippen LogP contribution in [0.15, 0.2) is 66.7 Å². The van der Waals surface area contributed by atoms with Gasteiger partial charge in [0.25, 0.3) is 5.91 Å². The Hall–Kier alpha value is -3.04. The molecular weight excluding hydrogens is 358 g/mol. The maximum Gasteiger partial charge on any atom is 0.258 e. The molecule has 0 aliphatic carbocycles. The standard InChI is InChI=1S/C23H18ClNO2/c1-25-22-11-10-16(24)14-21(22)20(13-15-6-5-7-17(12-15)27-2)18-8-3-4-9-19(18)23(25)26/h3-14H,1-2H3/b20-13+. The number of fused-ring (bicyclic) bond motifs is 2. The summed E-state index contributed by atoms with van der Waals surface area (Å²) >= 11 is 6.31. The minimum absolute atomic E-state index is 0.0387. The summed E-state index contributed by atoms with van der Waals surface area (Å²) in [6.45, 7) is 0. The number of rotatable bonds is 2. The molecule has 0 atom stereocenters. The first-order chi connectivity index (χ1) is 13.1. The predicted molar refractivity (Wildman–Crippen MR) is 111 cm³/mol. The molecule has 0 fully saturated rings. The Morgan fingerprint density at radius 1 is 0.926 bits per heavy atom. The molecule has 1 amide bonds. The van der Waals surface area contributed by atoms with Gasteiger partial charge in [0.05, 0.1) is 12.8 Å². The number of carbonyl (C=O) groups excluding carboxylic acids is 1. The number of amides is 1. The number of methoxy groups -OCH3 is 1. The fourth-order valence-electron chi connectivity index (χ4n) is 3.41. The van der Waals surface area contributed by atoms with Gasteiger partial charge in [-0.2, -0.15) is 0 Å². The number of hydrogen-bond donors (Lipinski definition) is 0. The minimum Gasteiger partial charge on any atom is -0.497 e. The molecule has 1 aliphatic heterocycles. The van der Waals surface area contributed by atoms with E-state index in [0.717, 1.165) is 33.7 Å². The van der Waals surface area contributed by atoms with E-state index in [1.54, 1.807) is 19.1 Å². The summed E-state index contributed by atoms with van der Waals surface area (Å²) in [5.74, 6) is 0.744. The molecule has 0 spiro atoms. The van der Waals surface area contributed by atoms with Gasteiger partial charge in [-0.3, -0.25) is 4.79 Å². The number of ether oxygens (including phenoxy) is 1. The second-order valence-corrected chi connectivity index (χ2v) is 6.84. The van der Waals surface area contributed by atoms with E-state index in [4.69, 9.17) is 16.3 Å². The molecule has 134 valence electrons. The highest BCUT2D eigenvalue weighted by Crippen LogP contribution is 2.40. The highest BCUT2D eigenvalue weighted by molar-refractivity contribution is 6.31. The Morgan fingerprint density at radius 3 is 2.48 bits per heavy atom. The lowest BCUT2D eigenvalue weighted by molar-refractivity contribution is 0.0993. The predicted octanol–water partition coefficient (Wildman–Crippen LogP) is 5.53. The van der Waals surface area contributed by atoms with Crippen molar-refractivity contribution in [2.75, 3.05) is 19.1 Å². The molecule has 3 aromatic rings. The van der Waals surface area contributed by atoms with Gasteiger partial charge in [-0.05, 0) is 59.2 Å². The lowest BCUT2D eigenvalue weighted by Gasteiger charge is -2.18. The maximum absolute atomic E-state index is 13.0. The molecule has 4 rings (SSSR count). The van der Waals surface area contributed by atoms with Gasteiger partial charge in [0.1, 0.15) is 5.75 Å². The normalized spacial score (nSPS) is 14.6. The van der Waals surface area contributed by atoms with Crippen LogP contribution in [0.25, 0.3) is 11.6 Å². The highest BCUT2D eigenvalue weighted by atomic mass is 35.5. The molecule has 0 saturated carbocycles. The molecule has 0 saturated heterocycles. The van der Waals surface area contributed by atoms with E-state index < -0.39 is 0 Å². The van der Waals surface area contributed by atoms with E-state index in [1.807, 2.05) is 66.7 Å². The molecule has 27 heavy (non-hydrogen) atoms. The van der Waals surface area contributed by atoms with Crippen LogP contribution in [0.2, 0.25) is 5.02 Å². The quantitative estimate of drug-likeness (QED) is 0.589. The largest absolute Gasteiger partial charge is 0.497 e. The zero-order valence-electron chi connectivity index (χ0n) is 15.1. The Balaban J connectivity index is 2.03. The summed E-state index contributed by atoms with van der Waals surface area (Å²) in [7, 11) is 3.44. The summed E-state index contributed by atoms with van der Waals surface area (Å²) in [5, 5.41) is 0.630. The fraction of sp³-hybridized carbons (Fsp3) is 0.0870. The van der Waals surface area contributed by atoms with Crippen molar-refractivity contribution in [3.8, 4) is 5.75 Å². The number of hydrogen-bond acceptors (Lipinski definition) is 2. The third kappa shape index (κ3) is 3.11. The van der Waals surface area contributed by atoms with Crippen molar-refractivity contribution in [2.24, 2.45) is 0 Å². The van der Waals surface area contributed by atoms with E-state index in [2.05, 4.69) is 6.08 Å². The smallest absolute Gasteiger partial charge is 0.258 e. The lowest BCUT2D eigenvalue weighted by atomic mass is 9.92. The van der Waals surface area contributed by atoms with Gasteiger partial charge in [0.15, 0.2) is 0 Å². The number of benzene rings is 3. The Bertz CT molecular complexity index is 1070. The van der Waals surface area contributed by atoms with E-state index in [0.29, 0.717) is 10.6 Å². The van der Waals surface area contributed by atoms with Gasteiger partial charge < -0.3 is 9.64 Å². The van der Waals surface area contributed by atoms with Crippen LogP contribution < -0.4 is 9.64 Å². The van der Waals surface area contributed by atoms with Crippen molar-refractivity contribution in [3.05, 3.63) is 94.0 Å². The number of anilines is 1. The van der Waals surface area contributed by atoms with Crippen LogP contribution in [0.4, 0.5) is 5.69 Å². The van der Waals surface area contributed by atoms with Gasteiger partial charge in [-0.25, -0.2) is 0 Å². The third-order valence-electron chi connectivity index (χ3n) is 4.77. The third-order valence-corrected chi connectivity index (χ3v) is 5.00. The van der Waals surface area contributed by atoms with Gasteiger partial charge in [0, 0.05) is 23.2 Å². The van der Waals surface area contributed by atoms with E-state index in [1.165, 1.54) is 0 Å². The second-order valence-electron chi connectivity index (χ2n) is 6.41. The molecule has 1 heterocycles. The second kappa shape index (κ2) is 6.93. The van der Waals surface area contributed by atoms with E-state index in [-0.39, 0.29) is 5.91 Å². The average molecular weight is 376 g/mol. The fourth-order valence-corrected chi connectivity index (χ4v) is 3.58. The van der Waals surface area contributed by atoms with Gasteiger partial charge in [-0.15, -0.1) is 0 Å². The monoisotopic (exact) mass is 375 g/mol. The molecule has 3 nitrogen and oxygen atoms in total. The van der Waals surface area contributed by atoms with E-state index in [9.17, 15) is 4.79 Å². The molecule has 1 aliphatic rings. The van der Waals surface area contributed by atoms with Crippen molar-refractivity contribution >= 4 is 34.8 Å². The van der Waals surface area contributed by atoms with Crippen LogP contribution in [-0.4, -0.2) is 20.1 Å².